The molecule has 1 N–H and O–H groups in total. The predicted octanol–water partition coefficient (Wildman–Crippen LogP) is 3.09. The fourth-order valence-electron chi connectivity index (χ4n) is 2.50. The second kappa shape index (κ2) is 5.49. The van der Waals surface area contributed by atoms with Crippen LogP contribution in [0.1, 0.15) is 43.9 Å². The van der Waals surface area contributed by atoms with E-state index in [1.807, 2.05) is 0 Å². The van der Waals surface area contributed by atoms with Crippen molar-refractivity contribution in [3.8, 4) is 6.07 Å². The Kier molecular flexibility index (Phi) is 3.97. The second-order valence-electron chi connectivity index (χ2n) is 4.94. The van der Waals surface area contributed by atoms with Crippen LogP contribution in [-0.2, 0) is 4.79 Å². The van der Waals surface area contributed by atoms with Crippen molar-refractivity contribution in [2.75, 3.05) is 5.32 Å². The van der Waals surface area contributed by atoms with E-state index in [0.29, 0.717) is 22.2 Å². The minimum atomic E-state index is 0.0438. The van der Waals surface area contributed by atoms with Gasteiger partial charge in [0.15, 0.2) is 0 Å². The molecule has 1 aromatic rings. The summed E-state index contributed by atoms with van der Waals surface area (Å²) >= 11 is 1.19. The molecule has 1 aromatic heterocycles. The van der Waals surface area contributed by atoms with Crippen LogP contribution in [0.4, 0.5) is 5.00 Å². The highest BCUT2D eigenvalue weighted by Crippen LogP contribution is 2.31. The molecule has 2 rings (SSSR count). The molecule has 1 aliphatic carbocycles. The van der Waals surface area contributed by atoms with Crippen LogP contribution in [0.3, 0.4) is 0 Å². The first kappa shape index (κ1) is 13.0. The van der Waals surface area contributed by atoms with Gasteiger partial charge in [0.25, 0.3) is 0 Å². The first-order valence-corrected chi connectivity index (χ1v) is 7.08. The van der Waals surface area contributed by atoms with Crippen molar-refractivity contribution in [3.05, 3.63) is 11.3 Å². The lowest BCUT2D eigenvalue weighted by Crippen LogP contribution is -2.30. The maximum Gasteiger partial charge on any atom is 0.228 e. The summed E-state index contributed by atoms with van der Waals surface area (Å²) in [6.45, 7) is 3.92. The van der Waals surface area contributed by atoms with E-state index >= 15 is 0 Å². The fourth-order valence-corrected chi connectivity index (χ4v) is 3.25. The molecule has 1 heterocycles. The molecule has 2 atom stereocenters. The van der Waals surface area contributed by atoms with E-state index in [1.54, 1.807) is 6.92 Å². The smallest absolute Gasteiger partial charge is 0.228 e. The maximum atomic E-state index is 12.2. The molecular weight excluding hydrogens is 246 g/mol. The molecular formula is C13H17N3OS. The normalized spacial score (nSPS) is 23.4. The Morgan fingerprint density at radius 3 is 2.89 bits per heavy atom. The summed E-state index contributed by atoms with van der Waals surface area (Å²) < 4.78 is 4.11. The van der Waals surface area contributed by atoms with Crippen LogP contribution in [0, 0.1) is 30.1 Å². The van der Waals surface area contributed by atoms with Crippen LogP contribution in [0.15, 0.2) is 0 Å². The molecule has 96 valence electrons. The highest BCUT2D eigenvalue weighted by atomic mass is 32.1. The van der Waals surface area contributed by atoms with Gasteiger partial charge in [0, 0.05) is 5.92 Å². The van der Waals surface area contributed by atoms with Gasteiger partial charge in [-0.05, 0) is 37.2 Å². The SMILES string of the molecule is Cc1nsc(NC(=O)C2CCCCC2C)c1C#N. The average Bonchev–Trinajstić information content (AvgIpc) is 2.70. The lowest BCUT2D eigenvalue weighted by Gasteiger charge is -2.27. The number of carbonyl (C=O) groups is 1. The molecule has 4 nitrogen and oxygen atoms in total. The third kappa shape index (κ3) is 2.54. The molecule has 18 heavy (non-hydrogen) atoms. The molecule has 5 heteroatoms. The van der Waals surface area contributed by atoms with Crippen LogP contribution in [-0.4, -0.2) is 10.3 Å². The number of aryl methyl sites for hydroxylation is 1. The number of carbonyl (C=O) groups excluding carboxylic acids is 1. The topological polar surface area (TPSA) is 65.8 Å². The highest BCUT2D eigenvalue weighted by Gasteiger charge is 2.28. The second-order valence-corrected chi connectivity index (χ2v) is 5.71. The van der Waals surface area contributed by atoms with Crippen LogP contribution >= 0.6 is 11.5 Å². The lowest BCUT2D eigenvalue weighted by atomic mass is 9.80. The van der Waals surface area contributed by atoms with Crippen molar-refractivity contribution < 1.29 is 4.79 Å². The van der Waals surface area contributed by atoms with E-state index in [-0.39, 0.29) is 11.8 Å². The molecule has 1 amide bonds. The Hall–Kier alpha value is -1.41. The van der Waals surface area contributed by atoms with Crippen molar-refractivity contribution in [1.82, 2.24) is 4.37 Å². The van der Waals surface area contributed by atoms with Gasteiger partial charge in [-0.1, -0.05) is 19.8 Å². The zero-order valence-corrected chi connectivity index (χ0v) is 11.5. The van der Waals surface area contributed by atoms with E-state index in [2.05, 4.69) is 22.7 Å². The lowest BCUT2D eigenvalue weighted by molar-refractivity contribution is -0.122. The number of rotatable bonds is 2. The zero-order valence-electron chi connectivity index (χ0n) is 10.7. The summed E-state index contributed by atoms with van der Waals surface area (Å²) in [7, 11) is 0. The van der Waals surface area contributed by atoms with Crippen LogP contribution in [0.5, 0.6) is 0 Å². The highest BCUT2D eigenvalue weighted by molar-refractivity contribution is 7.10. The predicted molar refractivity (Wildman–Crippen MR) is 71.3 cm³/mol. The van der Waals surface area contributed by atoms with Crippen LogP contribution < -0.4 is 5.32 Å². The first-order chi connectivity index (χ1) is 8.63. The molecule has 1 aliphatic rings. The quantitative estimate of drug-likeness (QED) is 0.891. The Bertz CT molecular complexity index is 489. The van der Waals surface area contributed by atoms with Crippen LogP contribution in [0.25, 0.3) is 0 Å². The molecule has 0 aromatic carbocycles. The number of anilines is 1. The minimum absolute atomic E-state index is 0.0438. The summed E-state index contributed by atoms with van der Waals surface area (Å²) in [5.74, 6) is 0.549. The Morgan fingerprint density at radius 2 is 2.22 bits per heavy atom. The van der Waals surface area contributed by atoms with E-state index in [0.717, 1.165) is 19.3 Å². The number of aromatic nitrogens is 1. The van der Waals surface area contributed by atoms with Crippen molar-refractivity contribution >= 4 is 22.4 Å². The van der Waals surface area contributed by atoms with Gasteiger partial charge in [0.2, 0.25) is 5.91 Å². The van der Waals surface area contributed by atoms with Gasteiger partial charge in [-0.3, -0.25) is 4.79 Å². The number of nitriles is 1. The maximum absolute atomic E-state index is 12.2. The van der Waals surface area contributed by atoms with Crippen molar-refractivity contribution in [2.45, 2.75) is 39.5 Å². The van der Waals surface area contributed by atoms with Gasteiger partial charge in [0.05, 0.1) is 5.69 Å². The third-order valence-corrected chi connectivity index (χ3v) is 4.51. The average molecular weight is 263 g/mol. The molecule has 0 aliphatic heterocycles. The summed E-state index contributed by atoms with van der Waals surface area (Å²) in [6, 6.07) is 2.10. The van der Waals surface area contributed by atoms with Gasteiger partial charge in [-0.2, -0.15) is 9.64 Å². The molecule has 0 saturated heterocycles. The monoisotopic (exact) mass is 263 g/mol. The van der Waals surface area contributed by atoms with E-state index < -0.39 is 0 Å². The summed E-state index contributed by atoms with van der Waals surface area (Å²) in [4.78, 5) is 12.2. The molecule has 0 radical (unpaired) electrons. The van der Waals surface area contributed by atoms with Gasteiger partial charge in [-0.25, -0.2) is 0 Å². The summed E-state index contributed by atoms with van der Waals surface area (Å²) in [5.41, 5.74) is 1.19. The van der Waals surface area contributed by atoms with Gasteiger partial charge in [0.1, 0.15) is 16.6 Å². The largest absolute Gasteiger partial charge is 0.315 e. The Morgan fingerprint density at radius 1 is 1.50 bits per heavy atom. The first-order valence-electron chi connectivity index (χ1n) is 6.30. The number of nitrogens with one attached hydrogen (secondary N) is 1. The minimum Gasteiger partial charge on any atom is -0.315 e. The van der Waals surface area contributed by atoms with Gasteiger partial charge < -0.3 is 5.32 Å². The van der Waals surface area contributed by atoms with E-state index in [4.69, 9.17) is 5.26 Å². The standard InChI is InChI=1S/C13H17N3OS/c1-8-5-3-4-6-10(8)12(17)15-13-11(7-14)9(2)16-18-13/h8,10H,3-6H2,1-2H3,(H,15,17). The zero-order chi connectivity index (χ0) is 13.1. The number of amides is 1. The van der Waals surface area contributed by atoms with E-state index in [1.165, 1.54) is 18.0 Å². The number of nitrogens with zero attached hydrogens (tertiary/aromatic N) is 2. The van der Waals surface area contributed by atoms with Crippen molar-refractivity contribution in [2.24, 2.45) is 11.8 Å². The van der Waals surface area contributed by atoms with E-state index in [9.17, 15) is 4.79 Å². The Labute approximate surface area is 111 Å². The molecule has 0 spiro atoms. The fraction of sp³-hybridized carbons (Fsp3) is 0.615. The molecule has 1 fully saturated rings. The van der Waals surface area contributed by atoms with Gasteiger partial charge in [-0.15, -0.1) is 0 Å². The Balaban J connectivity index is 2.09. The summed E-state index contributed by atoms with van der Waals surface area (Å²) in [6.07, 6.45) is 4.40. The van der Waals surface area contributed by atoms with Crippen molar-refractivity contribution in [3.63, 3.8) is 0 Å². The molecule has 0 bridgehead atoms. The van der Waals surface area contributed by atoms with Gasteiger partial charge >= 0.3 is 0 Å². The third-order valence-electron chi connectivity index (χ3n) is 3.66. The molecule has 1 saturated carbocycles. The summed E-state index contributed by atoms with van der Waals surface area (Å²) in [5, 5.41) is 12.5. The van der Waals surface area contributed by atoms with Crippen molar-refractivity contribution in [1.29, 1.82) is 5.26 Å². The number of hydrogen-bond acceptors (Lipinski definition) is 4. The number of hydrogen-bond donors (Lipinski definition) is 1. The molecule has 2 unspecified atom stereocenters. The van der Waals surface area contributed by atoms with Crippen LogP contribution in [0.2, 0.25) is 0 Å².